The number of hydrogen-bond acceptors (Lipinski definition) is 3. The molecular weight excluding hydrogens is 527 g/mol. The third-order valence-electron chi connectivity index (χ3n) is 4.91. The van der Waals surface area contributed by atoms with Crippen LogP contribution in [-0.2, 0) is 14.3 Å². The number of carbonyl (C=O) groups excluding carboxylic acids is 2. The first kappa shape index (κ1) is 24.5. The zero-order valence-corrected chi connectivity index (χ0v) is 20.9. The molecule has 1 atom stereocenters. The number of ether oxygens (including phenoxy) is 1. The summed E-state index contributed by atoms with van der Waals surface area (Å²) < 4.78 is 3.92. The fourth-order valence-electron chi connectivity index (χ4n) is 3.68. The van der Waals surface area contributed by atoms with Gasteiger partial charge in [0.05, 0.1) is 6.61 Å². The molecule has 0 heterocycles. The molecule has 0 aliphatic rings. The van der Waals surface area contributed by atoms with E-state index in [9.17, 15) is 9.59 Å². The van der Waals surface area contributed by atoms with Gasteiger partial charge in [-0.25, -0.2) is 4.79 Å². The monoisotopic (exact) mass is 548 g/mol. The molecule has 3 aromatic carbocycles. The Kier molecular flexibility index (Phi) is 8.54. The van der Waals surface area contributed by atoms with Crippen LogP contribution in [0.15, 0.2) is 91.0 Å². The van der Waals surface area contributed by atoms with Crippen LogP contribution in [0.3, 0.4) is 0 Å². The van der Waals surface area contributed by atoms with Gasteiger partial charge in [-0.15, -0.1) is 0 Å². The molecule has 0 aliphatic carbocycles. The fraction of sp³-hybridized carbons (Fsp3) is 0.167. The van der Waals surface area contributed by atoms with Crippen LogP contribution in [0, 0.1) is 0 Å². The SMILES string of the molecule is CCOC(=O)C(Br)(C(C)=O)[P+](c1ccccc1)(c1ccccc1)c1ccccc1.[Br-]. The molecule has 6 heteroatoms. The number of benzene rings is 3. The Morgan fingerprint density at radius 1 is 0.800 bits per heavy atom. The van der Waals surface area contributed by atoms with E-state index in [1.165, 1.54) is 6.92 Å². The summed E-state index contributed by atoms with van der Waals surface area (Å²) in [5.41, 5.74) is 0. The maximum Gasteiger partial charge on any atom is 0.370 e. The Labute approximate surface area is 197 Å². The van der Waals surface area contributed by atoms with Crippen LogP contribution in [0.5, 0.6) is 0 Å². The Balaban J connectivity index is 0.00000320. The van der Waals surface area contributed by atoms with Crippen molar-refractivity contribution in [1.82, 2.24) is 0 Å². The van der Waals surface area contributed by atoms with E-state index >= 15 is 0 Å². The quantitative estimate of drug-likeness (QED) is 0.193. The van der Waals surface area contributed by atoms with E-state index < -0.39 is 17.3 Å². The summed E-state index contributed by atoms with van der Waals surface area (Å²) in [5, 5.41) is 2.78. The number of alkyl halides is 1. The number of carbonyl (C=O) groups is 2. The van der Waals surface area contributed by atoms with Gasteiger partial charge >= 0.3 is 5.97 Å². The molecule has 3 aromatic rings. The summed E-state index contributed by atoms with van der Waals surface area (Å²) in [6, 6.07) is 29.4. The molecule has 0 fully saturated rings. The molecule has 0 bridgehead atoms. The van der Waals surface area contributed by atoms with Crippen molar-refractivity contribution in [2.75, 3.05) is 6.61 Å². The van der Waals surface area contributed by atoms with Crippen LogP contribution in [0.2, 0.25) is 0 Å². The van der Waals surface area contributed by atoms with Crippen LogP contribution in [-0.4, -0.2) is 22.4 Å². The number of hydrogen-bond donors (Lipinski definition) is 0. The van der Waals surface area contributed by atoms with Gasteiger partial charge in [0, 0.05) is 6.92 Å². The van der Waals surface area contributed by atoms with Gasteiger partial charge in [0.15, 0.2) is 5.78 Å². The van der Waals surface area contributed by atoms with Crippen molar-refractivity contribution in [3.8, 4) is 0 Å². The van der Waals surface area contributed by atoms with E-state index in [1.807, 2.05) is 91.0 Å². The summed E-state index contributed by atoms with van der Waals surface area (Å²) in [5.74, 6) is -0.835. The molecular formula is C24H23Br2O3P. The van der Waals surface area contributed by atoms with E-state index in [1.54, 1.807) is 6.92 Å². The van der Waals surface area contributed by atoms with Gasteiger partial charge in [-0.05, 0) is 59.3 Å². The molecule has 0 N–H and O–H groups in total. The highest BCUT2D eigenvalue weighted by molar-refractivity contribution is 9.12. The average Bonchev–Trinajstić information content (AvgIpc) is 2.76. The summed E-state index contributed by atoms with van der Waals surface area (Å²) in [4.78, 5) is 26.6. The van der Waals surface area contributed by atoms with Gasteiger partial charge in [-0.3, -0.25) is 4.79 Å². The van der Waals surface area contributed by atoms with Crippen molar-refractivity contribution >= 4 is 50.9 Å². The topological polar surface area (TPSA) is 43.4 Å². The number of halogens is 2. The maximum absolute atomic E-state index is 13.4. The Hall–Kier alpha value is -1.81. The molecule has 0 saturated heterocycles. The Morgan fingerprint density at radius 3 is 1.40 bits per heavy atom. The van der Waals surface area contributed by atoms with Crippen molar-refractivity contribution in [3.63, 3.8) is 0 Å². The highest BCUT2D eigenvalue weighted by Gasteiger charge is 2.70. The first-order valence-electron chi connectivity index (χ1n) is 9.42. The van der Waals surface area contributed by atoms with E-state index in [0.717, 1.165) is 15.9 Å². The van der Waals surface area contributed by atoms with Gasteiger partial charge in [0.2, 0.25) is 0 Å². The van der Waals surface area contributed by atoms with Crippen LogP contribution in [0.25, 0.3) is 0 Å². The second kappa shape index (κ2) is 10.5. The predicted molar refractivity (Wildman–Crippen MR) is 124 cm³/mol. The smallest absolute Gasteiger partial charge is 0.370 e. The minimum absolute atomic E-state index is 0. The minimum atomic E-state index is -2.82. The average molecular weight is 550 g/mol. The third kappa shape index (κ3) is 4.03. The summed E-state index contributed by atoms with van der Waals surface area (Å²) in [7, 11) is -2.82. The molecule has 0 aromatic heterocycles. The second-order valence-corrected chi connectivity index (χ2v) is 11.9. The molecule has 30 heavy (non-hydrogen) atoms. The van der Waals surface area contributed by atoms with Crippen LogP contribution >= 0.6 is 23.2 Å². The third-order valence-corrected chi connectivity index (χ3v) is 12.0. The van der Waals surface area contributed by atoms with E-state index in [4.69, 9.17) is 4.74 Å². The molecule has 0 amide bonds. The highest BCUT2D eigenvalue weighted by atomic mass is 79.9. The predicted octanol–water partition coefficient (Wildman–Crippen LogP) is 1.23. The summed E-state index contributed by atoms with van der Waals surface area (Å²) in [6.45, 7) is 3.40. The molecule has 0 saturated carbocycles. The lowest BCUT2D eigenvalue weighted by Crippen LogP contribution is -3.00. The van der Waals surface area contributed by atoms with Crippen molar-refractivity contribution < 1.29 is 31.3 Å². The van der Waals surface area contributed by atoms with Crippen LogP contribution < -0.4 is 32.9 Å². The number of ketones is 1. The summed E-state index contributed by atoms with van der Waals surface area (Å²) >= 11 is 3.68. The zero-order chi connectivity index (χ0) is 20.9. The lowest BCUT2D eigenvalue weighted by molar-refractivity contribution is -0.145. The summed E-state index contributed by atoms with van der Waals surface area (Å²) in [6.07, 6.45) is 0. The zero-order valence-electron chi connectivity index (χ0n) is 16.8. The number of rotatable bonds is 7. The largest absolute Gasteiger partial charge is 1.00 e. The fourth-order valence-corrected chi connectivity index (χ4v) is 10.3. The van der Waals surface area contributed by atoms with Crippen LogP contribution in [0.1, 0.15) is 13.8 Å². The van der Waals surface area contributed by atoms with Crippen molar-refractivity contribution in [2.45, 2.75) is 17.9 Å². The van der Waals surface area contributed by atoms with E-state index in [0.29, 0.717) is 0 Å². The lowest BCUT2D eigenvalue weighted by Gasteiger charge is -2.37. The van der Waals surface area contributed by atoms with Crippen molar-refractivity contribution in [1.29, 1.82) is 0 Å². The van der Waals surface area contributed by atoms with Gasteiger partial charge in [0.25, 0.3) is 4.07 Å². The Bertz CT molecular complexity index is 884. The normalized spacial score (nSPS) is 12.9. The highest BCUT2D eigenvalue weighted by Crippen LogP contribution is 2.69. The number of Topliss-reactive ketones (excluding diaryl/α,β-unsaturated/α-hetero) is 1. The number of esters is 1. The van der Waals surface area contributed by atoms with Gasteiger partial charge in [-0.1, -0.05) is 54.6 Å². The van der Waals surface area contributed by atoms with Crippen LogP contribution in [0.4, 0.5) is 0 Å². The molecule has 1 unspecified atom stereocenters. The minimum Gasteiger partial charge on any atom is -1.00 e. The second-order valence-electron chi connectivity index (χ2n) is 6.58. The maximum atomic E-state index is 13.4. The van der Waals surface area contributed by atoms with Gasteiger partial charge in [0.1, 0.15) is 23.2 Å². The van der Waals surface area contributed by atoms with Crippen molar-refractivity contribution in [3.05, 3.63) is 91.0 Å². The van der Waals surface area contributed by atoms with E-state index in [-0.39, 0.29) is 29.4 Å². The lowest BCUT2D eigenvalue weighted by atomic mass is 10.3. The molecule has 0 aliphatic heterocycles. The molecule has 156 valence electrons. The molecule has 0 spiro atoms. The molecule has 3 nitrogen and oxygen atoms in total. The Morgan fingerprint density at radius 2 is 1.13 bits per heavy atom. The van der Waals surface area contributed by atoms with E-state index in [2.05, 4.69) is 15.9 Å². The van der Waals surface area contributed by atoms with Gasteiger partial charge < -0.3 is 21.7 Å². The first-order valence-corrected chi connectivity index (χ1v) is 12.0. The van der Waals surface area contributed by atoms with Gasteiger partial charge in [-0.2, -0.15) is 0 Å². The van der Waals surface area contributed by atoms with Crippen molar-refractivity contribution in [2.24, 2.45) is 0 Å². The standard InChI is InChI=1S/C24H23BrO3P.BrH/c1-3-28-23(27)24(25,19(2)26)29(20-13-7-4-8-14-20,21-15-9-5-10-16-21)22-17-11-6-12-18-22;/h4-18H,3H2,1-2H3;1H/q+1;/p-1. The first-order chi connectivity index (χ1) is 14.0. The molecule has 3 rings (SSSR count). The molecule has 0 radical (unpaired) electrons.